The summed E-state index contributed by atoms with van der Waals surface area (Å²) >= 11 is 6.03. The van der Waals surface area contributed by atoms with Crippen LogP contribution < -0.4 is 0 Å². The zero-order valence-corrected chi connectivity index (χ0v) is 9.49. The molecule has 3 nitrogen and oxygen atoms in total. The van der Waals surface area contributed by atoms with Gasteiger partial charge in [0, 0.05) is 11.4 Å². The Labute approximate surface area is 98.0 Å². The van der Waals surface area contributed by atoms with Gasteiger partial charge in [-0.05, 0) is 18.6 Å². The quantitative estimate of drug-likeness (QED) is 0.768. The highest BCUT2D eigenvalue weighted by Gasteiger charge is 2.13. The first-order chi connectivity index (χ1) is 7.68. The molecule has 1 aromatic carbocycles. The van der Waals surface area contributed by atoms with Crippen molar-refractivity contribution in [3.8, 4) is 0 Å². The lowest BCUT2D eigenvalue weighted by Crippen LogP contribution is -1.96. The maximum absolute atomic E-state index is 11.3. The first-order valence-electron chi connectivity index (χ1n) is 4.86. The number of ketones is 1. The Kier molecular flexibility index (Phi) is 3.06. The summed E-state index contributed by atoms with van der Waals surface area (Å²) in [6.45, 7) is 1.49. The summed E-state index contributed by atoms with van der Waals surface area (Å²) in [6, 6.07) is 7.46. The van der Waals surface area contributed by atoms with Gasteiger partial charge >= 0.3 is 0 Å². The van der Waals surface area contributed by atoms with Crippen molar-refractivity contribution in [3.05, 3.63) is 52.4 Å². The van der Waals surface area contributed by atoms with E-state index in [4.69, 9.17) is 16.1 Å². The van der Waals surface area contributed by atoms with Gasteiger partial charge in [0.25, 0.3) is 0 Å². The molecule has 1 aromatic heterocycles. The first kappa shape index (κ1) is 10.9. The van der Waals surface area contributed by atoms with Crippen LogP contribution in [0.5, 0.6) is 0 Å². The maximum Gasteiger partial charge on any atom is 0.165 e. The highest BCUT2D eigenvalue weighted by Crippen LogP contribution is 2.20. The molecule has 0 amide bonds. The van der Waals surface area contributed by atoms with Gasteiger partial charge in [-0.2, -0.15) is 0 Å². The molecule has 0 radical (unpaired) electrons. The predicted molar refractivity (Wildman–Crippen MR) is 60.8 cm³/mol. The van der Waals surface area contributed by atoms with E-state index >= 15 is 0 Å². The summed E-state index contributed by atoms with van der Waals surface area (Å²) in [5.41, 5.74) is 1.43. The summed E-state index contributed by atoms with van der Waals surface area (Å²) < 4.78 is 5.06. The van der Waals surface area contributed by atoms with Crippen LogP contribution in [-0.2, 0) is 6.42 Å². The zero-order valence-electron chi connectivity index (χ0n) is 8.74. The van der Waals surface area contributed by atoms with Gasteiger partial charge in [0.1, 0.15) is 0 Å². The van der Waals surface area contributed by atoms with Gasteiger partial charge in [0.15, 0.2) is 11.5 Å². The summed E-state index contributed by atoms with van der Waals surface area (Å²) in [4.78, 5) is 11.3. The molecule has 0 atom stereocenters. The topological polar surface area (TPSA) is 43.1 Å². The molecule has 0 aliphatic heterocycles. The van der Waals surface area contributed by atoms with Crippen molar-refractivity contribution >= 4 is 17.4 Å². The molecule has 0 fully saturated rings. The molecule has 0 unspecified atom stereocenters. The Hall–Kier alpha value is -1.61. The second-order valence-corrected chi connectivity index (χ2v) is 3.89. The minimum Gasteiger partial charge on any atom is -0.360 e. The number of nitrogens with zero attached hydrogens (tertiary/aromatic N) is 1. The molecule has 0 aliphatic carbocycles. The number of aromatic nitrogens is 1. The van der Waals surface area contributed by atoms with Gasteiger partial charge in [-0.25, -0.2) is 0 Å². The Morgan fingerprint density at radius 2 is 2.19 bits per heavy atom. The van der Waals surface area contributed by atoms with Gasteiger partial charge in [0.2, 0.25) is 0 Å². The molecule has 82 valence electrons. The monoisotopic (exact) mass is 235 g/mol. The maximum atomic E-state index is 11.3. The van der Waals surface area contributed by atoms with Crippen molar-refractivity contribution in [2.45, 2.75) is 13.3 Å². The molecular weight excluding hydrogens is 226 g/mol. The smallest absolute Gasteiger partial charge is 0.165 e. The lowest BCUT2D eigenvalue weighted by atomic mass is 10.1. The van der Waals surface area contributed by atoms with Crippen LogP contribution in [0.1, 0.15) is 28.6 Å². The van der Waals surface area contributed by atoms with Crippen molar-refractivity contribution in [1.82, 2.24) is 5.16 Å². The molecule has 2 aromatic rings. The van der Waals surface area contributed by atoms with Crippen LogP contribution in [0.4, 0.5) is 0 Å². The lowest BCUT2D eigenvalue weighted by Gasteiger charge is -2.01. The third-order valence-corrected chi connectivity index (χ3v) is 2.70. The van der Waals surface area contributed by atoms with Gasteiger partial charge < -0.3 is 4.52 Å². The lowest BCUT2D eigenvalue weighted by molar-refractivity contribution is 0.101. The van der Waals surface area contributed by atoms with E-state index in [1.807, 2.05) is 18.2 Å². The van der Waals surface area contributed by atoms with E-state index in [0.29, 0.717) is 22.8 Å². The fourth-order valence-corrected chi connectivity index (χ4v) is 1.70. The second kappa shape index (κ2) is 4.49. The number of hydrogen-bond acceptors (Lipinski definition) is 3. The molecule has 0 spiro atoms. The number of Topliss-reactive ketones (excluding diaryl/α,β-unsaturated/α-hetero) is 1. The van der Waals surface area contributed by atoms with Crippen LogP contribution >= 0.6 is 11.6 Å². The third-order valence-electron chi connectivity index (χ3n) is 2.33. The fourth-order valence-electron chi connectivity index (χ4n) is 1.49. The summed E-state index contributed by atoms with van der Waals surface area (Å²) in [5.74, 6) is 0.504. The van der Waals surface area contributed by atoms with Crippen LogP contribution in [0, 0.1) is 0 Å². The van der Waals surface area contributed by atoms with E-state index in [0.717, 1.165) is 5.56 Å². The average molecular weight is 236 g/mol. The van der Waals surface area contributed by atoms with Crippen molar-refractivity contribution < 1.29 is 9.32 Å². The van der Waals surface area contributed by atoms with E-state index in [1.54, 1.807) is 6.07 Å². The van der Waals surface area contributed by atoms with Crippen molar-refractivity contribution in [3.63, 3.8) is 0 Å². The van der Waals surface area contributed by atoms with Gasteiger partial charge in [-0.3, -0.25) is 4.79 Å². The number of carbonyl (C=O) groups is 1. The predicted octanol–water partition coefficient (Wildman–Crippen LogP) is 3.12. The largest absolute Gasteiger partial charge is 0.360 e. The van der Waals surface area contributed by atoms with Crippen molar-refractivity contribution in [2.75, 3.05) is 0 Å². The first-order valence-corrected chi connectivity index (χ1v) is 5.24. The molecular formula is C12H10ClNO2. The van der Waals surface area contributed by atoms with Gasteiger partial charge in [-0.15, -0.1) is 0 Å². The number of rotatable bonds is 3. The van der Waals surface area contributed by atoms with Crippen LogP contribution in [0.3, 0.4) is 0 Å². The number of benzene rings is 1. The van der Waals surface area contributed by atoms with Crippen molar-refractivity contribution in [1.29, 1.82) is 0 Å². The molecule has 2 rings (SSSR count). The normalized spacial score (nSPS) is 10.4. The summed E-state index contributed by atoms with van der Waals surface area (Å²) in [5, 5.41) is 4.29. The molecule has 0 N–H and O–H groups in total. The summed E-state index contributed by atoms with van der Waals surface area (Å²) in [6.07, 6.45) is 1.92. The molecule has 0 bridgehead atoms. The third kappa shape index (κ3) is 2.14. The molecule has 16 heavy (non-hydrogen) atoms. The Morgan fingerprint density at radius 3 is 2.88 bits per heavy atom. The molecule has 4 heteroatoms. The van der Waals surface area contributed by atoms with E-state index in [9.17, 15) is 4.79 Å². The highest BCUT2D eigenvalue weighted by molar-refractivity contribution is 6.31. The van der Waals surface area contributed by atoms with E-state index < -0.39 is 0 Å². The van der Waals surface area contributed by atoms with E-state index in [-0.39, 0.29) is 5.78 Å². The SMILES string of the molecule is CC(=O)c1cnoc1Cc1ccccc1Cl. The van der Waals surface area contributed by atoms with Crippen molar-refractivity contribution in [2.24, 2.45) is 0 Å². The number of carbonyl (C=O) groups excluding carboxylic acids is 1. The highest BCUT2D eigenvalue weighted by atomic mass is 35.5. The van der Waals surface area contributed by atoms with Crippen LogP contribution in [0.15, 0.2) is 35.0 Å². The standard InChI is InChI=1S/C12H10ClNO2/c1-8(15)10-7-14-16-12(10)6-9-4-2-3-5-11(9)13/h2-5,7H,6H2,1H3. The number of halogens is 1. The Bertz CT molecular complexity index is 519. The van der Waals surface area contributed by atoms with Crippen LogP contribution in [0.25, 0.3) is 0 Å². The van der Waals surface area contributed by atoms with Gasteiger partial charge in [-0.1, -0.05) is 35.0 Å². The zero-order chi connectivity index (χ0) is 11.5. The minimum atomic E-state index is -0.0525. The van der Waals surface area contributed by atoms with Crippen LogP contribution in [-0.4, -0.2) is 10.9 Å². The Morgan fingerprint density at radius 1 is 1.44 bits per heavy atom. The van der Waals surface area contributed by atoms with E-state index in [2.05, 4.69) is 5.16 Å². The van der Waals surface area contributed by atoms with E-state index in [1.165, 1.54) is 13.1 Å². The molecule has 0 saturated heterocycles. The molecule has 1 heterocycles. The second-order valence-electron chi connectivity index (χ2n) is 3.49. The Balaban J connectivity index is 2.31. The number of hydrogen-bond donors (Lipinski definition) is 0. The molecule has 0 saturated carbocycles. The van der Waals surface area contributed by atoms with Gasteiger partial charge in [0.05, 0.1) is 11.8 Å². The van der Waals surface area contributed by atoms with Crippen LogP contribution in [0.2, 0.25) is 5.02 Å². The summed E-state index contributed by atoms with van der Waals surface area (Å²) in [7, 11) is 0. The molecule has 0 aliphatic rings. The fraction of sp³-hybridized carbons (Fsp3) is 0.167. The minimum absolute atomic E-state index is 0.0525. The average Bonchev–Trinajstić information content (AvgIpc) is 2.69.